The van der Waals surface area contributed by atoms with Crippen molar-refractivity contribution in [3.8, 4) is 0 Å². The van der Waals surface area contributed by atoms with Crippen molar-refractivity contribution in [2.75, 3.05) is 0 Å². The van der Waals surface area contributed by atoms with E-state index in [1.54, 1.807) is 0 Å². The van der Waals surface area contributed by atoms with Crippen molar-refractivity contribution in [2.24, 2.45) is 0 Å². The summed E-state index contributed by atoms with van der Waals surface area (Å²) in [5.74, 6) is 0.418. The van der Waals surface area contributed by atoms with E-state index in [2.05, 4.69) is 24.3 Å². The maximum Gasteiger partial charge on any atom is 0.0905 e. The third-order valence-corrected chi connectivity index (χ3v) is 5.34. The first-order valence-electron chi connectivity index (χ1n) is 8.17. The topological polar surface area (TPSA) is 40.5 Å². The second-order valence-electron chi connectivity index (χ2n) is 6.70. The molecule has 2 aliphatic carbocycles. The zero-order valence-electron chi connectivity index (χ0n) is 12.2. The van der Waals surface area contributed by atoms with Crippen molar-refractivity contribution in [2.45, 2.75) is 75.4 Å². The van der Waals surface area contributed by atoms with Crippen LogP contribution < -0.4 is 0 Å². The molecule has 110 valence electrons. The van der Waals surface area contributed by atoms with E-state index < -0.39 is 11.7 Å². The molecule has 1 fully saturated rings. The Labute approximate surface area is 121 Å². The van der Waals surface area contributed by atoms with E-state index in [4.69, 9.17) is 0 Å². The molecule has 3 rings (SSSR count). The molecular formula is C18H26O2. The smallest absolute Gasteiger partial charge is 0.0905 e. The van der Waals surface area contributed by atoms with Crippen LogP contribution in [0.2, 0.25) is 0 Å². The predicted octanol–water partition coefficient (Wildman–Crippen LogP) is 3.55. The van der Waals surface area contributed by atoms with Crippen molar-refractivity contribution in [1.29, 1.82) is 0 Å². The summed E-state index contributed by atoms with van der Waals surface area (Å²) in [6, 6.07) is 8.62. The minimum absolute atomic E-state index is 0.418. The average Bonchev–Trinajstić information content (AvgIpc) is 2.48. The minimum atomic E-state index is -0.829. The number of aliphatic hydroxyl groups excluding tert-OH is 1. The Bertz CT molecular complexity index is 448. The number of hydrogen-bond acceptors (Lipinski definition) is 2. The van der Waals surface area contributed by atoms with Gasteiger partial charge in [-0.25, -0.2) is 0 Å². The molecule has 1 aromatic carbocycles. The van der Waals surface area contributed by atoms with Crippen LogP contribution in [-0.2, 0) is 6.42 Å². The highest BCUT2D eigenvalue weighted by Gasteiger charge is 2.38. The van der Waals surface area contributed by atoms with Crippen molar-refractivity contribution in [3.05, 3.63) is 35.4 Å². The molecule has 0 saturated heterocycles. The summed E-state index contributed by atoms with van der Waals surface area (Å²) in [7, 11) is 0. The van der Waals surface area contributed by atoms with Crippen LogP contribution in [0.4, 0.5) is 0 Å². The van der Waals surface area contributed by atoms with Crippen molar-refractivity contribution in [3.63, 3.8) is 0 Å². The summed E-state index contributed by atoms with van der Waals surface area (Å²) in [5, 5.41) is 21.2. The maximum absolute atomic E-state index is 10.7. The lowest BCUT2D eigenvalue weighted by molar-refractivity contribution is -0.102. The van der Waals surface area contributed by atoms with Crippen LogP contribution in [0.25, 0.3) is 0 Å². The van der Waals surface area contributed by atoms with E-state index in [1.807, 2.05) is 0 Å². The third-order valence-electron chi connectivity index (χ3n) is 5.34. The lowest BCUT2D eigenvalue weighted by Gasteiger charge is -2.38. The van der Waals surface area contributed by atoms with E-state index in [0.717, 1.165) is 38.5 Å². The number of aryl methyl sites for hydroxylation is 1. The fourth-order valence-corrected chi connectivity index (χ4v) is 4.09. The summed E-state index contributed by atoms with van der Waals surface area (Å²) in [5.41, 5.74) is 2.01. The van der Waals surface area contributed by atoms with Gasteiger partial charge < -0.3 is 10.2 Å². The predicted molar refractivity (Wildman–Crippen MR) is 80.8 cm³/mol. The molecule has 0 bridgehead atoms. The molecule has 2 atom stereocenters. The number of rotatable bonds is 3. The second-order valence-corrected chi connectivity index (χ2v) is 6.70. The Balaban J connectivity index is 1.72. The van der Waals surface area contributed by atoms with Crippen LogP contribution in [0, 0.1) is 0 Å². The summed E-state index contributed by atoms with van der Waals surface area (Å²) < 4.78 is 0. The third kappa shape index (κ3) is 2.77. The SMILES string of the molecule is OC(CC1CCCc2ccccc21)C1(O)CCCCC1. The van der Waals surface area contributed by atoms with Gasteiger partial charge in [0.1, 0.15) is 0 Å². The first-order valence-corrected chi connectivity index (χ1v) is 8.17. The second kappa shape index (κ2) is 5.87. The fourth-order valence-electron chi connectivity index (χ4n) is 4.09. The molecule has 2 nitrogen and oxygen atoms in total. The monoisotopic (exact) mass is 274 g/mol. The summed E-state index contributed by atoms with van der Waals surface area (Å²) in [6.07, 6.45) is 8.48. The molecule has 1 aromatic rings. The Kier molecular flexibility index (Phi) is 4.13. The van der Waals surface area contributed by atoms with Crippen LogP contribution in [0.15, 0.2) is 24.3 Å². The van der Waals surface area contributed by atoms with Crippen molar-refractivity contribution < 1.29 is 10.2 Å². The molecule has 1 saturated carbocycles. The van der Waals surface area contributed by atoms with Crippen LogP contribution in [0.3, 0.4) is 0 Å². The molecule has 0 heterocycles. The summed E-state index contributed by atoms with van der Waals surface area (Å²) >= 11 is 0. The first kappa shape index (κ1) is 14.1. The quantitative estimate of drug-likeness (QED) is 0.885. The molecule has 0 aliphatic heterocycles. The molecule has 2 aliphatic rings. The Morgan fingerprint density at radius 2 is 1.85 bits per heavy atom. The van der Waals surface area contributed by atoms with E-state index in [9.17, 15) is 10.2 Å². The van der Waals surface area contributed by atoms with Gasteiger partial charge in [-0.2, -0.15) is 0 Å². The molecule has 20 heavy (non-hydrogen) atoms. The zero-order valence-corrected chi connectivity index (χ0v) is 12.2. The van der Waals surface area contributed by atoms with Gasteiger partial charge in [0.25, 0.3) is 0 Å². The van der Waals surface area contributed by atoms with Gasteiger partial charge in [0, 0.05) is 0 Å². The van der Waals surface area contributed by atoms with E-state index >= 15 is 0 Å². The van der Waals surface area contributed by atoms with Crippen molar-refractivity contribution >= 4 is 0 Å². The lowest BCUT2D eigenvalue weighted by atomic mass is 9.74. The van der Waals surface area contributed by atoms with Gasteiger partial charge in [-0.1, -0.05) is 43.5 Å². The molecule has 2 N–H and O–H groups in total. The summed E-state index contributed by atoms with van der Waals surface area (Å²) in [4.78, 5) is 0. The maximum atomic E-state index is 10.7. The van der Waals surface area contributed by atoms with Gasteiger partial charge in [-0.3, -0.25) is 0 Å². The van der Waals surface area contributed by atoms with Gasteiger partial charge >= 0.3 is 0 Å². The van der Waals surface area contributed by atoms with Gasteiger partial charge in [0.05, 0.1) is 11.7 Å². The lowest BCUT2D eigenvalue weighted by Crippen LogP contribution is -2.44. The van der Waals surface area contributed by atoms with E-state index in [1.165, 1.54) is 24.0 Å². The Morgan fingerprint density at radius 1 is 1.10 bits per heavy atom. The number of fused-ring (bicyclic) bond motifs is 1. The van der Waals surface area contributed by atoms with Gasteiger partial charge in [0.15, 0.2) is 0 Å². The molecule has 0 amide bonds. The fraction of sp³-hybridized carbons (Fsp3) is 0.667. The van der Waals surface area contributed by atoms with Crippen LogP contribution >= 0.6 is 0 Å². The minimum Gasteiger partial charge on any atom is -0.390 e. The van der Waals surface area contributed by atoms with E-state index in [-0.39, 0.29) is 0 Å². The van der Waals surface area contributed by atoms with Crippen LogP contribution in [0.5, 0.6) is 0 Å². The summed E-state index contributed by atoms with van der Waals surface area (Å²) in [6.45, 7) is 0. The van der Waals surface area contributed by atoms with Gasteiger partial charge in [-0.15, -0.1) is 0 Å². The molecule has 0 radical (unpaired) electrons. The van der Waals surface area contributed by atoms with Crippen LogP contribution in [-0.4, -0.2) is 21.9 Å². The highest BCUT2D eigenvalue weighted by molar-refractivity contribution is 5.32. The Morgan fingerprint density at radius 3 is 2.65 bits per heavy atom. The van der Waals surface area contributed by atoms with Gasteiger partial charge in [0.2, 0.25) is 0 Å². The number of hydrogen-bond donors (Lipinski definition) is 2. The average molecular weight is 274 g/mol. The zero-order chi connectivity index (χ0) is 14.0. The molecule has 0 spiro atoms. The van der Waals surface area contributed by atoms with E-state index in [0.29, 0.717) is 12.3 Å². The highest BCUT2D eigenvalue weighted by atomic mass is 16.3. The van der Waals surface area contributed by atoms with Gasteiger partial charge in [-0.05, 0) is 55.6 Å². The first-order chi connectivity index (χ1) is 9.69. The molecular weight excluding hydrogens is 248 g/mol. The standard InChI is InChI=1S/C18H26O2/c19-17(18(20)11-4-1-5-12-18)13-15-9-6-8-14-7-2-3-10-16(14)15/h2-3,7,10,15,17,19-20H,1,4-6,8-9,11-13H2. The molecule has 2 unspecified atom stereocenters. The number of aliphatic hydroxyl groups is 2. The normalized spacial score (nSPS) is 26.8. The van der Waals surface area contributed by atoms with Crippen LogP contribution in [0.1, 0.15) is 68.4 Å². The van der Waals surface area contributed by atoms with Crippen molar-refractivity contribution in [1.82, 2.24) is 0 Å². The molecule has 0 aromatic heterocycles. The number of benzene rings is 1. The molecule has 2 heteroatoms. The largest absolute Gasteiger partial charge is 0.390 e. The highest BCUT2D eigenvalue weighted by Crippen LogP contribution is 2.39. The Hall–Kier alpha value is -0.860.